The van der Waals surface area contributed by atoms with Gasteiger partial charge in [0.25, 0.3) is 0 Å². The highest BCUT2D eigenvalue weighted by Crippen LogP contribution is 2.14. The molecule has 1 aromatic heterocycles. The van der Waals surface area contributed by atoms with Crippen molar-refractivity contribution >= 4 is 11.9 Å². The molecule has 0 atom stereocenters. The molecule has 0 bridgehead atoms. The maximum Gasteiger partial charge on any atom is 0.244 e. The summed E-state index contributed by atoms with van der Waals surface area (Å²) in [6.45, 7) is 4.79. The van der Waals surface area contributed by atoms with E-state index in [0.717, 1.165) is 17.8 Å². The van der Waals surface area contributed by atoms with Gasteiger partial charge in [-0.2, -0.15) is 9.67 Å². The van der Waals surface area contributed by atoms with Gasteiger partial charge in [-0.1, -0.05) is 12.1 Å². The van der Waals surface area contributed by atoms with Crippen molar-refractivity contribution in [2.24, 2.45) is 0 Å². The van der Waals surface area contributed by atoms with Crippen molar-refractivity contribution in [1.29, 1.82) is 0 Å². The number of hydrogen-bond acceptors (Lipinski definition) is 4. The smallest absolute Gasteiger partial charge is 0.244 e. The first kappa shape index (κ1) is 10.5. The Morgan fingerprint density at radius 3 is 2.94 bits per heavy atom. The van der Waals surface area contributed by atoms with Crippen molar-refractivity contribution in [2.75, 3.05) is 17.6 Å². The van der Waals surface area contributed by atoms with Gasteiger partial charge in [-0.3, -0.25) is 0 Å². The molecular weight excluding hydrogens is 202 g/mol. The van der Waals surface area contributed by atoms with Gasteiger partial charge in [0.1, 0.15) is 0 Å². The van der Waals surface area contributed by atoms with Crippen molar-refractivity contribution in [3.8, 4) is 5.69 Å². The minimum Gasteiger partial charge on any atom is -0.368 e. The summed E-state index contributed by atoms with van der Waals surface area (Å²) in [6.07, 6.45) is 0. The number of anilines is 2. The Bertz CT molecular complexity index is 489. The van der Waals surface area contributed by atoms with Crippen LogP contribution in [0.25, 0.3) is 5.69 Å². The van der Waals surface area contributed by atoms with E-state index in [2.05, 4.69) is 15.4 Å². The number of benzene rings is 1. The Balaban J connectivity index is 2.40. The third-order valence-electron chi connectivity index (χ3n) is 2.21. The van der Waals surface area contributed by atoms with Crippen LogP contribution in [0.4, 0.5) is 11.9 Å². The van der Waals surface area contributed by atoms with Crippen molar-refractivity contribution in [3.05, 3.63) is 29.8 Å². The first-order valence-electron chi connectivity index (χ1n) is 5.24. The van der Waals surface area contributed by atoms with Crippen LogP contribution >= 0.6 is 0 Å². The zero-order valence-corrected chi connectivity index (χ0v) is 9.44. The molecule has 0 radical (unpaired) electrons. The van der Waals surface area contributed by atoms with Crippen LogP contribution in [-0.4, -0.2) is 21.3 Å². The Morgan fingerprint density at radius 2 is 2.25 bits per heavy atom. The van der Waals surface area contributed by atoms with E-state index in [1.807, 2.05) is 38.1 Å². The van der Waals surface area contributed by atoms with E-state index in [4.69, 9.17) is 5.73 Å². The van der Waals surface area contributed by atoms with Crippen molar-refractivity contribution in [1.82, 2.24) is 14.8 Å². The zero-order valence-electron chi connectivity index (χ0n) is 9.44. The largest absolute Gasteiger partial charge is 0.368 e. The molecule has 5 heteroatoms. The first-order valence-corrected chi connectivity index (χ1v) is 5.24. The molecule has 0 saturated carbocycles. The molecule has 0 unspecified atom stereocenters. The highest BCUT2D eigenvalue weighted by Gasteiger charge is 2.07. The van der Waals surface area contributed by atoms with Gasteiger partial charge in [0.05, 0.1) is 5.69 Å². The second-order valence-corrected chi connectivity index (χ2v) is 3.57. The number of nitrogen functional groups attached to an aromatic ring is 1. The predicted molar refractivity (Wildman–Crippen MR) is 64.7 cm³/mol. The average molecular weight is 217 g/mol. The molecule has 3 N–H and O–H groups in total. The monoisotopic (exact) mass is 217 g/mol. The Kier molecular flexibility index (Phi) is 2.76. The van der Waals surface area contributed by atoms with Gasteiger partial charge in [-0.15, -0.1) is 5.10 Å². The SMILES string of the molecule is CCNc1nc(N)n(-c2cccc(C)c2)n1. The minimum atomic E-state index is 0.390. The maximum atomic E-state index is 5.80. The summed E-state index contributed by atoms with van der Waals surface area (Å²) in [6, 6.07) is 7.97. The van der Waals surface area contributed by atoms with Crippen LogP contribution < -0.4 is 11.1 Å². The molecule has 0 amide bonds. The Hall–Kier alpha value is -2.04. The third-order valence-corrected chi connectivity index (χ3v) is 2.21. The molecule has 84 valence electrons. The van der Waals surface area contributed by atoms with E-state index in [-0.39, 0.29) is 0 Å². The van der Waals surface area contributed by atoms with E-state index in [9.17, 15) is 0 Å². The topological polar surface area (TPSA) is 68.8 Å². The molecule has 0 spiro atoms. The van der Waals surface area contributed by atoms with Crippen LogP contribution in [0.3, 0.4) is 0 Å². The molecule has 0 saturated heterocycles. The molecule has 2 rings (SSSR count). The summed E-state index contributed by atoms with van der Waals surface area (Å²) in [7, 11) is 0. The number of hydrogen-bond donors (Lipinski definition) is 2. The lowest BCUT2D eigenvalue weighted by atomic mass is 10.2. The second kappa shape index (κ2) is 4.22. The van der Waals surface area contributed by atoms with E-state index in [0.29, 0.717) is 11.9 Å². The highest BCUT2D eigenvalue weighted by atomic mass is 15.4. The summed E-state index contributed by atoms with van der Waals surface area (Å²) < 4.78 is 1.63. The van der Waals surface area contributed by atoms with Crippen molar-refractivity contribution < 1.29 is 0 Å². The molecule has 0 aliphatic rings. The molecule has 2 aromatic rings. The number of aromatic nitrogens is 3. The maximum absolute atomic E-state index is 5.80. The lowest BCUT2D eigenvalue weighted by molar-refractivity contribution is 0.888. The van der Waals surface area contributed by atoms with Crippen molar-refractivity contribution in [3.63, 3.8) is 0 Å². The number of rotatable bonds is 3. The van der Waals surface area contributed by atoms with Gasteiger partial charge in [-0.25, -0.2) is 0 Å². The molecule has 16 heavy (non-hydrogen) atoms. The number of nitrogens with zero attached hydrogens (tertiary/aromatic N) is 3. The van der Waals surface area contributed by atoms with Crippen LogP contribution in [0, 0.1) is 6.92 Å². The summed E-state index contributed by atoms with van der Waals surface area (Å²) >= 11 is 0. The fourth-order valence-corrected chi connectivity index (χ4v) is 1.51. The van der Waals surface area contributed by atoms with Crippen LogP contribution in [0.1, 0.15) is 12.5 Å². The second-order valence-electron chi connectivity index (χ2n) is 3.57. The average Bonchev–Trinajstić information content (AvgIpc) is 2.60. The molecule has 0 aliphatic carbocycles. The summed E-state index contributed by atoms with van der Waals surface area (Å²) in [5.41, 5.74) is 7.89. The molecule has 1 heterocycles. The van der Waals surface area contributed by atoms with E-state index in [1.54, 1.807) is 4.68 Å². The fourth-order valence-electron chi connectivity index (χ4n) is 1.51. The third kappa shape index (κ3) is 1.98. The first-order chi connectivity index (χ1) is 7.70. The summed E-state index contributed by atoms with van der Waals surface area (Å²) in [5, 5.41) is 7.31. The summed E-state index contributed by atoms with van der Waals surface area (Å²) in [4.78, 5) is 4.12. The van der Waals surface area contributed by atoms with Crippen LogP contribution in [0.5, 0.6) is 0 Å². The lowest BCUT2D eigenvalue weighted by Gasteiger charge is -2.02. The number of nitrogens with two attached hydrogens (primary N) is 1. The van der Waals surface area contributed by atoms with Crippen molar-refractivity contribution in [2.45, 2.75) is 13.8 Å². The summed E-state index contributed by atoms with van der Waals surface area (Å²) in [5.74, 6) is 0.947. The number of aryl methyl sites for hydroxylation is 1. The van der Waals surface area contributed by atoms with Gasteiger partial charge in [0.15, 0.2) is 0 Å². The molecular formula is C11H15N5. The molecule has 0 fully saturated rings. The Morgan fingerprint density at radius 1 is 1.44 bits per heavy atom. The van der Waals surface area contributed by atoms with E-state index < -0.39 is 0 Å². The molecule has 0 aliphatic heterocycles. The molecule has 1 aromatic carbocycles. The van der Waals surface area contributed by atoms with Gasteiger partial charge in [0, 0.05) is 6.54 Å². The Labute approximate surface area is 94.3 Å². The fraction of sp³-hybridized carbons (Fsp3) is 0.273. The van der Waals surface area contributed by atoms with Gasteiger partial charge in [-0.05, 0) is 31.5 Å². The van der Waals surface area contributed by atoms with Gasteiger partial charge in [0.2, 0.25) is 11.9 Å². The lowest BCUT2D eigenvalue weighted by Crippen LogP contribution is -2.03. The normalized spacial score (nSPS) is 10.4. The standard InChI is InChI=1S/C11H15N5/c1-3-13-11-14-10(12)16(15-11)9-6-4-5-8(2)7-9/h4-7H,3H2,1-2H3,(H3,12,13,14,15). The van der Waals surface area contributed by atoms with Gasteiger partial charge < -0.3 is 11.1 Å². The highest BCUT2D eigenvalue weighted by molar-refractivity contribution is 5.43. The van der Waals surface area contributed by atoms with E-state index >= 15 is 0 Å². The number of nitrogens with one attached hydrogen (secondary N) is 1. The minimum absolute atomic E-state index is 0.390. The van der Waals surface area contributed by atoms with Crippen LogP contribution in [0.15, 0.2) is 24.3 Å². The van der Waals surface area contributed by atoms with E-state index in [1.165, 1.54) is 0 Å². The quantitative estimate of drug-likeness (QED) is 0.819. The van der Waals surface area contributed by atoms with Gasteiger partial charge >= 0.3 is 0 Å². The predicted octanol–water partition coefficient (Wildman–Crippen LogP) is 1.59. The zero-order chi connectivity index (χ0) is 11.5. The van der Waals surface area contributed by atoms with Crippen LogP contribution in [0.2, 0.25) is 0 Å². The van der Waals surface area contributed by atoms with Crippen LogP contribution in [-0.2, 0) is 0 Å². The molecule has 5 nitrogen and oxygen atoms in total.